The third-order valence-electron chi connectivity index (χ3n) is 2.54. The average molecular weight is 229 g/mol. The van der Waals surface area contributed by atoms with Crippen molar-refractivity contribution in [2.24, 2.45) is 0 Å². The minimum atomic E-state index is -0.638. The monoisotopic (exact) mass is 229 g/mol. The van der Waals surface area contributed by atoms with Gasteiger partial charge in [-0.15, -0.1) is 11.3 Å². The molecule has 86 valence electrons. The Bertz CT molecular complexity index is 264. The van der Waals surface area contributed by atoms with E-state index in [0.29, 0.717) is 12.6 Å². The normalized spacial score (nSPS) is 15.5. The van der Waals surface area contributed by atoms with Gasteiger partial charge in [0.2, 0.25) is 0 Å². The second-order valence-electron chi connectivity index (χ2n) is 3.91. The molecule has 0 aromatic carbocycles. The van der Waals surface area contributed by atoms with Gasteiger partial charge in [0.25, 0.3) is 0 Å². The number of likely N-dealkylation sites (N-methyl/N-ethyl adjacent to an activating group) is 1. The highest BCUT2D eigenvalue weighted by molar-refractivity contribution is 7.09. The van der Waals surface area contributed by atoms with Gasteiger partial charge in [-0.1, -0.05) is 6.07 Å². The van der Waals surface area contributed by atoms with E-state index >= 15 is 0 Å². The molecule has 0 saturated heterocycles. The number of thiophene rings is 1. The van der Waals surface area contributed by atoms with E-state index in [-0.39, 0.29) is 6.61 Å². The molecule has 1 aromatic heterocycles. The van der Waals surface area contributed by atoms with Gasteiger partial charge >= 0.3 is 0 Å². The summed E-state index contributed by atoms with van der Waals surface area (Å²) in [6.45, 7) is 2.48. The molecule has 3 nitrogen and oxygen atoms in total. The smallest absolute Gasteiger partial charge is 0.0897 e. The van der Waals surface area contributed by atoms with E-state index in [1.807, 2.05) is 7.05 Å². The Balaban J connectivity index is 2.36. The van der Waals surface area contributed by atoms with E-state index in [1.165, 1.54) is 4.88 Å². The fraction of sp³-hybridized carbons (Fsp3) is 0.636. The van der Waals surface area contributed by atoms with Crippen LogP contribution in [0.3, 0.4) is 0 Å². The zero-order valence-electron chi connectivity index (χ0n) is 9.26. The summed E-state index contributed by atoms with van der Waals surface area (Å²) in [5.41, 5.74) is 0. The van der Waals surface area contributed by atoms with E-state index in [1.54, 1.807) is 11.3 Å². The third kappa shape index (κ3) is 4.30. The minimum Gasteiger partial charge on any atom is -0.394 e. The molecule has 15 heavy (non-hydrogen) atoms. The molecule has 0 bridgehead atoms. The number of nitrogens with zero attached hydrogens (tertiary/aromatic N) is 1. The topological polar surface area (TPSA) is 43.7 Å². The molecule has 1 aromatic rings. The predicted molar refractivity (Wildman–Crippen MR) is 63.2 cm³/mol. The van der Waals surface area contributed by atoms with Gasteiger partial charge in [0, 0.05) is 17.5 Å². The first kappa shape index (κ1) is 12.6. The van der Waals surface area contributed by atoms with Crippen LogP contribution in [0.5, 0.6) is 0 Å². The number of hydrogen-bond acceptors (Lipinski definition) is 4. The molecule has 0 spiro atoms. The molecular weight excluding hydrogens is 210 g/mol. The molecule has 0 aliphatic carbocycles. The first-order valence-corrected chi connectivity index (χ1v) is 6.03. The van der Waals surface area contributed by atoms with Gasteiger partial charge in [0.1, 0.15) is 0 Å². The molecule has 2 N–H and O–H groups in total. The van der Waals surface area contributed by atoms with Crippen molar-refractivity contribution >= 4 is 11.3 Å². The second-order valence-corrected chi connectivity index (χ2v) is 4.94. The first-order valence-electron chi connectivity index (χ1n) is 5.15. The number of hydrogen-bond donors (Lipinski definition) is 2. The summed E-state index contributed by atoms with van der Waals surface area (Å²) in [6.07, 6.45) is 0.354. The van der Waals surface area contributed by atoms with Gasteiger partial charge in [-0.25, -0.2) is 0 Å². The average Bonchev–Trinajstić information content (AvgIpc) is 2.70. The van der Waals surface area contributed by atoms with Crippen molar-refractivity contribution < 1.29 is 10.2 Å². The van der Waals surface area contributed by atoms with E-state index in [4.69, 9.17) is 5.11 Å². The van der Waals surface area contributed by atoms with Gasteiger partial charge in [-0.3, -0.25) is 0 Å². The van der Waals surface area contributed by atoms with Crippen molar-refractivity contribution in [3.8, 4) is 0 Å². The fourth-order valence-electron chi connectivity index (χ4n) is 1.45. The van der Waals surface area contributed by atoms with Crippen LogP contribution >= 0.6 is 11.3 Å². The Kier molecular flexibility index (Phi) is 5.25. The van der Waals surface area contributed by atoms with Crippen molar-refractivity contribution in [2.45, 2.75) is 25.5 Å². The van der Waals surface area contributed by atoms with Crippen molar-refractivity contribution in [1.29, 1.82) is 0 Å². The summed E-state index contributed by atoms with van der Waals surface area (Å²) in [7, 11) is 1.97. The molecule has 0 saturated carbocycles. The van der Waals surface area contributed by atoms with Gasteiger partial charge in [0.05, 0.1) is 12.7 Å². The van der Waals surface area contributed by atoms with E-state index in [9.17, 15) is 5.11 Å². The van der Waals surface area contributed by atoms with Crippen molar-refractivity contribution in [3.05, 3.63) is 22.4 Å². The maximum atomic E-state index is 9.31. The summed E-state index contributed by atoms with van der Waals surface area (Å²) in [5.74, 6) is 0. The van der Waals surface area contributed by atoms with Crippen molar-refractivity contribution in [1.82, 2.24) is 4.90 Å². The van der Waals surface area contributed by atoms with E-state index in [2.05, 4.69) is 29.3 Å². The molecule has 2 unspecified atom stereocenters. The quantitative estimate of drug-likeness (QED) is 0.764. The van der Waals surface area contributed by atoms with Crippen LogP contribution in [0.1, 0.15) is 11.8 Å². The van der Waals surface area contributed by atoms with Crippen LogP contribution in [0.2, 0.25) is 0 Å². The lowest BCUT2D eigenvalue weighted by Crippen LogP contribution is -2.38. The number of rotatable bonds is 6. The molecule has 0 amide bonds. The third-order valence-corrected chi connectivity index (χ3v) is 3.44. The van der Waals surface area contributed by atoms with Crippen LogP contribution < -0.4 is 0 Å². The maximum Gasteiger partial charge on any atom is 0.0897 e. The highest BCUT2D eigenvalue weighted by Gasteiger charge is 2.13. The van der Waals surface area contributed by atoms with E-state index in [0.717, 1.165) is 6.42 Å². The summed E-state index contributed by atoms with van der Waals surface area (Å²) in [4.78, 5) is 3.42. The predicted octanol–water partition coefficient (Wildman–Crippen LogP) is 0.964. The summed E-state index contributed by atoms with van der Waals surface area (Å²) in [5, 5.41) is 20.1. The van der Waals surface area contributed by atoms with Crippen LogP contribution in [0.15, 0.2) is 17.5 Å². The Morgan fingerprint density at radius 1 is 1.53 bits per heavy atom. The first-order chi connectivity index (χ1) is 7.13. The summed E-state index contributed by atoms with van der Waals surface area (Å²) >= 11 is 1.75. The largest absolute Gasteiger partial charge is 0.394 e. The molecule has 1 rings (SSSR count). The molecule has 0 aliphatic rings. The number of aliphatic hydroxyl groups excluding tert-OH is 2. The Morgan fingerprint density at radius 3 is 2.80 bits per heavy atom. The zero-order valence-corrected chi connectivity index (χ0v) is 10.1. The van der Waals surface area contributed by atoms with Gasteiger partial charge in [-0.05, 0) is 31.8 Å². The molecule has 0 radical (unpaired) electrons. The lowest BCUT2D eigenvalue weighted by atomic mass is 10.2. The summed E-state index contributed by atoms with van der Waals surface area (Å²) in [6, 6.07) is 4.55. The standard InChI is InChI=1S/C11H19NO2S/c1-9(6-11-4-3-5-15-11)12(2)7-10(14)8-13/h3-5,9-10,13-14H,6-8H2,1-2H3. The van der Waals surface area contributed by atoms with Crippen molar-refractivity contribution in [3.63, 3.8) is 0 Å². The number of aliphatic hydroxyl groups is 2. The zero-order chi connectivity index (χ0) is 11.3. The van der Waals surface area contributed by atoms with Crippen molar-refractivity contribution in [2.75, 3.05) is 20.2 Å². The second kappa shape index (κ2) is 6.23. The Hall–Kier alpha value is -0.420. The van der Waals surface area contributed by atoms with Crippen LogP contribution in [0.4, 0.5) is 0 Å². The van der Waals surface area contributed by atoms with Crippen LogP contribution in [-0.2, 0) is 6.42 Å². The molecular formula is C11H19NO2S. The molecule has 1 heterocycles. The fourth-order valence-corrected chi connectivity index (χ4v) is 2.27. The van der Waals surface area contributed by atoms with Gasteiger partial charge in [0.15, 0.2) is 0 Å². The highest BCUT2D eigenvalue weighted by atomic mass is 32.1. The Morgan fingerprint density at radius 2 is 2.27 bits per heavy atom. The maximum absolute atomic E-state index is 9.31. The Labute approximate surface area is 95.0 Å². The van der Waals surface area contributed by atoms with Crippen LogP contribution in [0, 0.1) is 0 Å². The molecule has 2 atom stereocenters. The lowest BCUT2D eigenvalue weighted by molar-refractivity contribution is 0.0568. The molecule has 0 fully saturated rings. The van der Waals surface area contributed by atoms with Crippen LogP contribution in [0.25, 0.3) is 0 Å². The van der Waals surface area contributed by atoms with Crippen LogP contribution in [-0.4, -0.2) is 47.5 Å². The van der Waals surface area contributed by atoms with Gasteiger partial charge < -0.3 is 15.1 Å². The lowest BCUT2D eigenvalue weighted by Gasteiger charge is -2.26. The minimum absolute atomic E-state index is 0.171. The van der Waals surface area contributed by atoms with Gasteiger partial charge in [-0.2, -0.15) is 0 Å². The molecule has 4 heteroatoms. The molecule has 0 aliphatic heterocycles. The van der Waals surface area contributed by atoms with E-state index < -0.39 is 6.10 Å². The highest BCUT2D eigenvalue weighted by Crippen LogP contribution is 2.13. The SMILES string of the molecule is CC(Cc1cccs1)N(C)CC(O)CO. The summed E-state index contributed by atoms with van der Waals surface area (Å²) < 4.78 is 0.